The first-order valence-electron chi connectivity index (χ1n) is 10.2. The molecule has 0 saturated carbocycles. The lowest BCUT2D eigenvalue weighted by Gasteiger charge is -2.31. The van der Waals surface area contributed by atoms with Gasteiger partial charge >= 0.3 is 0 Å². The minimum absolute atomic E-state index is 0.0641. The van der Waals surface area contributed by atoms with Crippen LogP contribution in [-0.4, -0.2) is 44.1 Å². The number of nitrogens with zero attached hydrogens (tertiary/aromatic N) is 6. The number of halogens is 1. The summed E-state index contributed by atoms with van der Waals surface area (Å²) in [5.41, 5.74) is 0.782. The third-order valence-electron chi connectivity index (χ3n) is 5.63. The van der Waals surface area contributed by atoms with Gasteiger partial charge in [-0.15, -0.1) is 5.10 Å². The van der Waals surface area contributed by atoms with Crippen LogP contribution < -0.4 is 10.2 Å². The normalized spacial score (nSPS) is 14.4. The van der Waals surface area contributed by atoms with Gasteiger partial charge in [-0.25, -0.2) is 4.39 Å². The second kappa shape index (κ2) is 8.69. The van der Waals surface area contributed by atoms with Gasteiger partial charge in [0.05, 0.1) is 16.3 Å². The predicted octanol–water partition coefficient (Wildman–Crippen LogP) is 3.51. The molecule has 0 unspecified atom stereocenters. The number of tetrazole rings is 1. The molecule has 1 aliphatic heterocycles. The Morgan fingerprint density at radius 2 is 1.97 bits per heavy atom. The number of rotatable bonds is 5. The molecule has 2 heterocycles. The third kappa shape index (κ3) is 4.27. The molecule has 2 aromatic carbocycles. The van der Waals surface area contributed by atoms with Crippen LogP contribution in [0.4, 0.5) is 21.5 Å². The quantitative estimate of drug-likeness (QED) is 0.477. The van der Waals surface area contributed by atoms with E-state index in [4.69, 9.17) is 0 Å². The fourth-order valence-electron chi connectivity index (χ4n) is 3.73. The number of amides is 1. The van der Waals surface area contributed by atoms with Gasteiger partial charge in [0.15, 0.2) is 5.82 Å². The van der Waals surface area contributed by atoms with Crippen LogP contribution >= 0.6 is 0 Å². The zero-order valence-corrected chi connectivity index (χ0v) is 17.7. The summed E-state index contributed by atoms with van der Waals surface area (Å²) in [5.74, 6) is -0.233. The van der Waals surface area contributed by atoms with Crippen molar-refractivity contribution in [1.29, 1.82) is 0 Å². The van der Waals surface area contributed by atoms with Crippen molar-refractivity contribution in [3.05, 3.63) is 63.7 Å². The Bertz CT molecular complexity index is 1170. The maximum atomic E-state index is 14.3. The van der Waals surface area contributed by atoms with Crippen molar-refractivity contribution in [2.45, 2.75) is 26.7 Å². The largest absolute Gasteiger partial charge is 0.366 e. The van der Waals surface area contributed by atoms with Gasteiger partial charge < -0.3 is 10.2 Å². The highest BCUT2D eigenvalue weighted by molar-refractivity contribution is 6.05. The highest BCUT2D eigenvalue weighted by atomic mass is 19.1. The number of hydrogen-bond donors (Lipinski definition) is 1. The van der Waals surface area contributed by atoms with Crippen molar-refractivity contribution in [1.82, 2.24) is 20.2 Å². The van der Waals surface area contributed by atoms with Crippen LogP contribution in [0.5, 0.6) is 0 Å². The number of carbonyl (C=O) groups is 1. The van der Waals surface area contributed by atoms with Crippen molar-refractivity contribution < 1.29 is 14.1 Å². The van der Waals surface area contributed by atoms with Crippen LogP contribution in [0, 0.1) is 28.8 Å². The van der Waals surface area contributed by atoms with Crippen molar-refractivity contribution in [3.8, 4) is 5.69 Å². The van der Waals surface area contributed by atoms with E-state index in [0.29, 0.717) is 23.1 Å². The summed E-state index contributed by atoms with van der Waals surface area (Å²) in [6.45, 7) is 5.30. The highest BCUT2D eigenvalue weighted by Gasteiger charge is 2.25. The van der Waals surface area contributed by atoms with Crippen LogP contribution in [0.2, 0.25) is 0 Å². The average molecular weight is 439 g/mol. The molecule has 0 spiro atoms. The zero-order chi connectivity index (χ0) is 22.8. The van der Waals surface area contributed by atoms with Gasteiger partial charge in [0.2, 0.25) is 0 Å². The number of anilines is 2. The molecular weight excluding hydrogens is 417 g/mol. The molecular formula is C21H22FN7O3. The molecule has 1 amide bonds. The highest BCUT2D eigenvalue weighted by Crippen LogP contribution is 2.32. The second-order valence-corrected chi connectivity index (χ2v) is 7.89. The second-order valence-electron chi connectivity index (χ2n) is 7.89. The number of nitro benzene ring substituents is 1. The Morgan fingerprint density at radius 3 is 2.62 bits per heavy atom. The van der Waals surface area contributed by atoms with E-state index >= 15 is 0 Å². The third-order valence-corrected chi connectivity index (χ3v) is 5.63. The Kier molecular flexibility index (Phi) is 5.80. The minimum atomic E-state index is -0.656. The first kappa shape index (κ1) is 21.3. The molecule has 0 bridgehead atoms. The van der Waals surface area contributed by atoms with Crippen molar-refractivity contribution in [2.75, 3.05) is 23.3 Å². The molecule has 0 atom stereocenters. The van der Waals surface area contributed by atoms with Gasteiger partial charge in [-0.3, -0.25) is 14.9 Å². The van der Waals surface area contributed by atoms with Crippen LogP contribution in [0.3, 0.4) is 0 Å². The molecule has 1 N–H and O–H groups in total. The van der Waals surface area contributed by atoms with Gasteiger partial charge in [-0.2, -0.15) is 4.68 Å². The standard InChI is InChI=1S/C21H22FN7O3/c1-13-7-9-27(10-8-13)19-6-3-15(11-20(19)29(31)32)21(30)23-18-12-16(4-5-17(18)22)28-14(2)24-25-26-28/h3-6,11-13H,7-10H2,1-2H3,(H,23,30). The molecule has 1 aliphatic rings. The number of aromatic nitrogens is 4. The number of piperidine rings is 1. The van der Waals surface area contributed by atoms with Crippen molar-refractivity contribution >= 4 is 23.0 Å². The van der Waals surface area contributed by atoms with Crippen LogP contribution in [0.1, 0.15) is 35.9 Å². The summed E-state index contributed by atoms with van der Waals surface area (Å²) < 4.78 is 15.7. The Hall–Kier alpha value is -3.89. The van der Waals surface area contributed by atoms with Crippen molar-refractivity contribution in [3.63, 3.8) is 0 Å². The smallest absolute Gasteiger partial charge is 0.293 e. The summed E-state index contributed by atoms with van der Waals surface area (Å²) >= 11 is 0. The molecule has 0 aliphatic carbocycles. The molecule has 32 heavy (non-hydrogen) atoms. The molecule has 11 heteroatoms. The maximum absolute atomic E-state index is 14.3. The summed E-state index contributed by atoms with van der Waals surface area (Å²) in [6.07, 6.45) is 1.91. The van der Waals surface area contributed by atoms with Gasteiger partial charge in [-0.05, 0) is 66.4 Å². The molecule has 4 rings (SSSR count). The van der Waals surface area contributed by atoms with Crippen LogP contribution in [-0.2, 0) is 0 Å². The minimum Gasteiger partial charge on any atom is -0.366 e. The van der Waals surface area contributed by atoms with Crippen LogP contribution in [0.15, 0.2) is 36.4 Å². The number of benzene rings is 2. The van der Waals surface area contributed by atoms with Crippen LogP contribution in [0.25, 0.3) is 5.69 Å². The number of nitrogens with one attached hydrogen (secondary N) is 1. The maximum Gasteiger partial charge on any atom is 0.293 e. The van der Waals surface area contributed by atoms with Gasteiger partial charge in [0.25, 0.3) is 11.6 Å². The molecule has 3 aromatic rings. The van der Waals surface area contributed by atoms with E-state index in [0.717, 1.165) is 25.9 Å². The van der Waals surface area contributed by atoms with Crippen molar-refractivity contribution in [2.24, 2.45) is 5.92 Å². The van der Waals surface area contributed by atoms with Gasteiger partial charge in [0.1, 0.15) is 11.5 Å². The summed E-state index contributed by atoms with van der Waals surface area (Å²) in [5, 5.41) is 25.3. The summed E-state index contributed by atoms with van der Waals surface area (Å²) in [7, 11) is 0. The number of aryl methyl sites for hydroxylation is 1. The number of carbonyl (C=O) groups excluding carboxylic acids is 1. The van der Waals surface area contributed by atoms with E-state index in [-0.39, 0.29) is 16.9 Å². The Morgan fingerprint density at radius 1 is 1.22 bits per heavy atom. The number of nitro groups is 1. The SMILES string of the molecule is Cc1nnnn1-c1ccc(F)c(NC(=O)c2ccc(N3CCC(C)CC3)c([N+](=O)[O-])c2)c1. The molecule has 166 valence electrons. The fraction of sp³-hybridized carbons (Fsp3) is 0.333. The molecule has 1 fully saturated rings. The number of hydrogen-bond acceptors (Lipinski definition) is 7. The topological polar surface area (TPSA) is 119 Å². The fourth-order valence-corrected chi connectivity index (χ4v) is 3.73. The lowest BCUT2D eigenvalue weighted by Crippen LogP contribution is -2.33. The average Bonchev–Trinajstić information content (AvgIpc) is 3.21. The van der Waals surface area contributed by atoms with E-state index in [2.05, 4.69) is 27.8 Å². The monoisotopic (exact) mass is 439 g/mol. The van der Waals surface area contributed by atoms with Gasteiger partial charge in [0, 0.05) is 24.7 Å². The predicted molar refractivity (Wildman–Crippen MR) is 116 cm³/mol. The first-order valence-corrected chi connectivity index (χ1v) is 10.2. The first-order chi connectivity index (χ1) is 15.3. The lowest BCUT2D eigenvalue weighted by molar-refractivity contribution is -0.384. The lowest BCUT2D eigenvalue weighted by atomic mass is 9.98. The van der Waals surface area contributed by atoms with Gasteiger partial charge in [-0.1, -0.05) is 6.92 Å². The molecule has 1 saturated heterocycles. The molecule has 10 nitrogen and oxygen atoms in total. The summed E-state index contributed by atoms with van der Waals surface area (Å²) in [6, 6.07) is 8.40. The van der Waals surface area contributed by atoms with E-state index in [9.17, 15) is 19.3 Å². The Labute approximate surface area is 183 Å². The van der Waals surface area contributed by atoms with E-state index in [1.807, 2.05) is 4.90 Å². The summed E-state index contributed by atoms with van der Waals surface area (Å²) in [4.78, 5) is 25.9. The molecule has 1 aromatic heterocycles. The van der Waals surface area contributed by atoms with E-state index < -0.39 is 16.6 Å². The van der Waals surface area contributed by atoms with E-state index in [1.54, 1.807) is 13.0 Å². The Balaban J connectivity index is 1.59. The zero-order valence-electron chi connectivity index (χ0n) is 17.7. The van der Waals surface area contributed by atoms with E-state index in [1.165, 1.54) is 35.0 Å². The molecule has 0 radical (unpaired) electrons.